The second kappa shape index (κ2) is 5.84. The third-order valence-electron chi connectivity index (χ3n) is 5.01. The van der Waals surface area contributed by atoms with Crippen LogP contribution in [0.4, 0.5) is 10.3 Å². The highest BCUT2D eigenvalue weighted by molar-refractivity contribution is 5.82. The number of alkyl halides is 1. The highest BCUT2D eigenvalue weighted by Crippen LogP contribution is 2.41. The first-order valence-corrected chi connectivity index (χ1v) is 9.32. The third-order valence-corrected chi connectivity index (χ3v) is 5.01. The van der Waals surface area contributed by atoms with Crippen LogP contribution < -0.4 is 5.32 Å². The van der Waals surface area contributed by atoms with E-state index >= 15 is 0 Å². The number of aromatic nitrogens is 5. The average molecular weight is 364 g/mol. The van der Waals surface area contributed by atoms with Crippen LogP contribution in [-0.2, 0) is 6.42 Å². The number of hydrogen-bond acceptors (Lipinski definition) is 5. The Hall–Kier alpha value is -2.83. The molecule has 3 aromatic rings. The summed E-state index contributed by atoms with van der Waals surface area (Å²) >= 11 is 0. The minimum absolute atomic E-state index is 0.176. The number of anilines is 1. The molecule has 27 heavy (non-hydrogen) atoms. The number of nitrogens with zero attached hydrogens (tertiary/aromatic N) is 5. The summed E-state index contributed by atoms with van der Waals surface area (Å²) in [5.41, 5.74) is 4.76. The smallest absolute Gasteiger partial charge is 0.223 e. The van der Waals surface area contributed by atoms with Gasteiger partial charge in [-0.3, -0.25) is 0 Å². The maximum atomic E-state index is 13.7. The predicted molar refractivity (Wildman–Crippen MR) is 101 cm³/mol. The third kappa shape index (κ3) is 3.07. The van der Waals surface area contributed by atoms with Crippen molar-refractivity contribution >= 4 is 17.2 Å². The normalized spacial score (nSPS) is 16.5. The lowest BCUT2D eigenvalue weighted by Gasteiger charge is -2.15. The van der Waals surface area contributed by atoms with E-state index in [0.29, 0.717) is 11.9 Å². The lowest BCUT2D eigenvalue weighted by molar-refractivity contribution is 0.234. The van der Waals surface area contributed by atoms with Gasteiger partial charge in [0.1, 0.15) is 5.67 Å². The maximum Gasteiger partial charge on any atom is 0.223 e. The van der Waals surface area contributed by atoms with Crippen LogP contribution in [0.1, 0.15) is 55.1 Å². The van der Waals surface area contributed by atoms with Crippen molar-refractivity contribution < 1.29 is 4.39 Å². The van der Waals surface area contributed by atoms with Crippen LogP contribution in [0, 0.1) is 0 Å². The van der Waals surface area contributed by atoms with E-state index in [-0.39, 0.29) is 6.54 Å². The van der Waals surface area contributed by atoms with E-state index in [1.165, 1.54) is 32.3 Å². The first-order chi connectivity index (χ1) is 13.0. The fraction of sp³-hybridized carbons (Fsp3) is 0.400. The lowest BCUT2D eigenvalue weighted by Crippen LogP contribution is -2.25. The van der Waals surface area contributed by atoms with Crippen molar-refractivity contribution in [1.29, 1.82) is 0 Å². The molecule has 2 aliphatic rings. The average Bonchev–Trinajstić information content (AvgIpc) is 3.26. The summed E-state index contributed by atoms with van der Waals surface area (Å²) in [6.45, 7) is 3.23. The van der Waals surface area contributed by atoms with E-state index in [2.05, 4.69) is 26.5 Å². The molecule has 0 aromatic carbocycles. The fourth-order valence-electron chi connectivity index (χ4n) is 3.44. The van der Waals surface area contributed by atoms with Crippen LogP contribution in [-0.4, -0.2) is 36.8 Å². The van der Waals surface area contributed by atoms with Crippen molar-refractivity contribution in [3.8, 4) is 0 Å². The summed E-state index contributed by atoms with van der Waals surface area (Å²) < 4.78 is 15.5. The molecule has 138 valence electrons. The van der Waals surface area contributed by atoms with Crippen molar-refractivity contribution in [2.24, 2.45) is 0 Å². The van der Waals surface area contributed by atoms with E-state index in [0.717, 1.165) is 34.6 Å². The van der Waals surface area contributed by atoms with Gasteiger partial charge in [-0.05, 0) is 38.7 Å². The summed E-state index contributed by atoms with van der Waals surface area (Å²) in [5.74, 6) is 1.07. The van der Waals surface area contributed by atoms with Gasteiger partial charge in [-0.25, -0.2) is 23.9 Å². The molecular formula is C20H21FN6. The molecule has 2 aliphatic carbocycles. The number of rotatable bonds is 5. The molecule has 3 heterocycles. The number of allylic oxidation sites excluding steroid dienone is 1. The molecule has 0 unspecified atom stereocenters. The van der Waals surface area contributed by atoms with Gasteiger partial charge >= 0.3 is 0 Å². The largest absolute Gasteiger partial charge is 0.351 e. The Morgan fingerprint density at radius 1 is 1.26 bits per heavy atom. The number of fused-ring (bicyclic) bond motifs is 2. The second-order valence-corrected chi connectivity index (χ2v) is 7.90. The molecule has 6 nitrogen and oxygen atoms in total. The second-order valence-electron chi connectivity index (χ2n) is 7.90. The monoisotopic (exact) mass is 364 g/mol. The Bertz CT molecular complexity index is 1060. The quantitative estimate of drug-likeness (QED) is 0.750. The number of halogens is 1. The molecular weight excluding hydrogens is 343 g/mol. The van der Waals surface area contributed by atoms with Gasteiger partial charge < -0.3 is 5.32 Å². The van der Waals surface area contributed by atoms with Gasteiger partial charge in [-0.1, -0.05) is 6.08 Å². The molecule has 1 N–H and O–H groups in total. The molecule has 3 aromatic heterocycles. The van der Waals surface area contributed by atoms with Gasteiger partial charge in [0, 0.05) is 35.5 Å². The van der Waals surface area contributed by atoms with E-state index in [4.69, 9.17) is 4.98 Å². The van der Waals surface area contributed by atoms with Gasteiger partial charge in [0.05, 0.1) is 24.1 Å². The Kier molecular flexibility index (Phi) is 3.54. The highest BCUT2D eigenvalue weighted by atomic mass is 19.1. The van der Waals surface area contributed by atoms with Crippen LogP contribution in [0.15, 0.2) is 30.7 Å². The molecule has 0 radical (unpaired) electrons. The van der Waals surface area contributed by atoms with Crippen LogP contribution in [0.2, 0.25) is 0 Å². The van der Waals surface area contributed by atoms with Crippen LogP contribution in [0.5, 0.6) is 0 Å². The first kappa shape index (κ1) is 16.4. The minimum Gasteiger partial charge on any atom is -0.351 e. The van der Waals surface area contributed by atoms with Crippen molar-refractivity contribution in [3.05, 3.63) is 53.2 Å². The molecule has 1 fully saturated rings. The summed E-state index contributed by atoms with van der Waals surface area (Å²) in [4.78, 5) is 13.8. The Balaban J connectivity index is 1.45. The van der Waals surface area contributed by atoms with Crippen LogP contribution >= 0.6 is 0 Å². The zero-order chi connectivity index (χ0) is 18.6. The van der Waals surface area contributed by atoms with Crippen molar-refractivity contribution in [3.63, 3.8) is 0 Å². The van der Waals surface area contributed by atoms with Crippen LogP contribution in [0.25, 0.3) is 11.2 Å². The van der Waals surface area contributed by atoms with E-state index < -0.39 is 5.67 Å². The summed E-state index contributed by atoms with van der Waals surface area (Å²) in [6, 6.07) is 1.98. The van der Waals surface area contributed by atoms with E-state index in [1.54, 1.807) is 6.20 Å². The molecule has 5 rings (SSSR count). The molecule has 0 saturated heterocycles. The SMILES string of the molecule is CC(C)(F)CNc1ncc2c(n1)CC=C2c1ccn2ncc(C3CC3)c2n1. The topological polar surface area (TPSA) is 68.0 Å². The molecule has 0 amide bonds. The molecule has 1 saturated carbocycles. The number of nitrogens with one attached hydrogen (secondary N) is 1. The molecule has 0 spiro atoms. The molecule has 0 atom stereocenters. The van der Waals surface area contributed by atoms with E-state index in [9.17, 15) is 4.39 Å². The summed E-state index contributed by atoms with van der Waals surface area (Å²) in [5, 5.41) is 7.38. The molecule has 0 bridgehead atoms. The van der Waals surface area contributed by atoms with Crippen molar-refractivity contribution in [2.45, 2.75) is 44.7 Å². The number of hydrogen-bond donors (Lipinski definition) is 1. The van der Waals surface area contributed by atoms with Crippen LogP contribution in [0.3, 0.4) is 0 Å². The summed E-state index contributed by atoms with van der Waals surface area (Å²) in [7, 11) is 0. The minimum atomic E-state index is -1.31. The van der Waals surface area contributed by atoms with Crippen molar-refractivity contribution in [2.75, 3.05) is 11.9 Å². The predicted octanol–water partition coefficient (Wildman–Crippen LogP) is 3.54. The van der Waals surface area contributed by atoms with Gasteiger partial charge in [-0.15, -0.1) is 0 Å². The lowest BCUT2D eigenvalue weighted by atomic mass is 10.1. The molecule has 7 heteroatoms. The van der Waals surface area contributed by atoms with E-state index in [1.807, 2.05) is 23.0 Å². The Morgan fingerprint density at radius 2 is 2.11 bits per heavy atom. The first-order valence-electron chi connectivity index (χ1n) is 9.32. The zero-order valence-corrected chi connectivity index (χ0v) is 15.4. The standard InChI is InChI=1S/C20H21FN6/c1-20(2,21)11-23-19-22-9-15-13(5-6-16(15)26-19)17-7-8-27-18(25-17)14(10-24-27)12-3-4-12/h5,7-10,12H,3-4,6,11H2,1-2H3,(H,22,23,26). The van der Waals surface area contributed by atoms with Gasteiger partial charge in [0.2, 0.25) is 5.95 Å². The zero-order valence-electron chi connectivity index (χ0n) is 15.4. The maximum absolute atomic E-state index is 13.7. The van der Waals surface area contributed by atoms with Gasteiger partial charge in [0.25, 0.3) is 0 Å². The van der Waals surface area contributed by atoms with Gasteiger partial charge in [-0.2, -0.15) is 5.10 Å². The Morgan fingerprint density at radius 3 is 2.89 bits per heavy atom. The fourth-order valence-corrected chi connectivity index (χ4v) is 3.44. The molecule has 0 aliphatic heterocycles. The highest BCUT2D eigenvalue weighted by Gasteiger charge is 2.28. The summed E-state index contributed by atoms with van der Waals surface area (Å²) in [6.07, 6.45) is 11.0. The van der Waals surface area contributed by atoms with Crippen molar-refractivity contribution in [1.82, 2.24) is 24.6 Å². The Labute approximate surface area is 156 Å². The van der Waals surface area contributed by atoms with Gasteiger partial charge in [0.15, 0.2) is 5.65 Å².